The van der Waals surface area contributed by atoms with Crippen molar-refractivity contribution in [2.45, 2.75) is 38.9 Å². The summed E-state index contributed by atoms with van der Waals surface area (Å²) in [6.45, 7) is 7.72. The van der Waals surface area contributed by atoms with Crippen molar-refractivity contribution in [2.24, 2.45) is 0 Å². The van der Waals surface area contributed by atoms with E-state index in [1.54, 1.807) is 18.2 Å². The van der Waals surface area contributed by atoms with E-state index in [-0.39, 0.29) is 46.1 Å². The minimum Gasteiger partial charge on any atom is -0.399 e. The van der Waals surface area contributed by atoms with Crippen LogP contribution >= 0.6 is 0 Å². The van der Waals surface area contributed by atoms with Gasteiger partial charge in [-0.1, -0.05) is 36.3 Å². The van der Waals surface area contributed by atoms with E-state index in [1.807, 2.05) is 33.8 Å². The Morgan fingerprint density at radius 3 is 2.39 bits per heavy atom. The van der Waals surface area contributed by atoms with Crippen LogP contribution in [0.15, 0.2) is 66.8 Å². The largest absolute Gasteiger partial charge is 0.496 e. The zero-order valence-electron chi connectivity index (χ0n) is 23.1. The summed E-state index contributed by atoms with van der Waals surface area (Å²) in [5.74, 6) is 0. The van der Waals surface area contributed by atoms with Crippen LogP contribution in [0.2, 0.25) is 0 Å². The topological polar surface area (TPSA) is 36.3 Å². The molecule has 5 heteroatoms. The predicted molar refractivity (Wildman–Crippen MR) is 114 cm³/mol. The SMILES string of the molecule is [2H]c1nc([2H])c2c(c1[2H])c1c([2H])c([2H])c([2H])c([2H])c1n2-c1ccccc1B1OC(C)(C)C(C)(C)O1. The molecule has 3 heterocycles. The molecule has 140 valence electrons. The van der Waals surface area contributed by atoms with E-state index >= 15 is 0 Å². The number of rotatable bonds is 2. The summed E-state index contributed by atoms with van der Waals surface area (Å²) in [5, 5.41) is 0.157. The van der Waals surface area contributed by atoms with Crippen molar-refractivity contribution in [3.63, 3.8) is 0 Å². The lowest BCUT2D eigenvalue weighted by Gasteiger charge is -2.32. The Balaban J connectivity index is 1.96. The van der Waals surface area contributed by atoms with Crippen LogP contribution in [-0.2, 0) is 9.31 Å². The van der Waals surface area contributed by atoms with Gasteiger partial charge in [-0.25, -0.2) is 0 Å². The Kier molecular flexibility index (Phi) is 2.41. The molecule has 0 bridgehead atoms. The Bertz CT molecular complexity index is 1540. The standard InChI is InChI=1S/C23H23BN2O2/c1-22(2)23(3,4)28-24(27-22)18-10-6-8-12-20(18)26-19-11-7-5-9-16(19)17-13-14-25-15-21(17)26/h5-15H,1-4H3/i5D,7D,9D,11D,13D,14D,15D. The lowest BCUT2D eigenvalue weighted by Crippen LogP contribution is -2.41. The second kappa shape index (κ2) is 5.93. The van der Waals surface area contributed by atoms with Crippen molar-refractivity contribution in [2.75, 3.05) is 0 Å². The molecule has 0 spiro atoms. The van der Waals surface area contributed by atoms with Crippen molar-refractivity contribution < 1.29 is 18.9 Å². The van der Waals surface area contributed by atoms with E-state index in [0.717, 1.165) is 0 Å². The van der Waals surface area contributed by atoms with Crippen LogP contribution in [0.25, 0.3) is 27.5 Å². The normalized spacial score (nSPS) is 21.7. The van der Waals surface area contributed by atoms with Crippen molar-refractivity contribution >= 4 is 34.4 Å². The van der Waals surface area contributed by atoms with E-state index < -0.39 is 36.6 Å². The van der Waals surface area contributed by atoms with E-state index in [1.165, 1.54) is 4.57 Å². The highest BCUT2D eigenvalue weighted by Gasteiger charge is 2.52. The monoisotopic (exact) mass is 377 g/mol. The summed E-state index contributed by atoms with van der Waals surface area (Å²) in [6, 6.07) is 5.29. The molecule has 2 aromatic carbocycles. The first kappa shape index (κ1) is 11.4. The molecule has 2 aromatic heterocycles. The molecule has 5 rings (SSSR count). The lowest BCUT2D eigenvalue weighted by molar-refractivity contribution is 0.00578. The molecule has 4 aromatic rings. The average molecular weight is 377 g/mol. The third-order valence-corrected chi connectivity index (χ3v) is 5.69. The molecule has 1 aliphatic rings. The second-order valence-electron chi connectivity index (χ2n) is 7.89. The van der Waals surface area contributed by atoms with Gasteiger partial charge in [0.15, 0.2) is 0 Å². The van der Waals surface area contributed by atoms with E-state index in [2.05, 4.69) is 4.98 Å². The summed E-state index contributed by atoms with van der Waals surface area (Å²) in [6.07, 6.45) is -0.744. The fourth-order valence-corrected chi connectivity index (χ4v) is 3.49. The first-order valence-electron chi connectivity index (χ1n) is 12.6. The number of fused-ring (bicyclic) bond motifs is 3. The van der Waals surface area contributed by atoms with Crippen LogP contribution in [-0.4, -0.2) is 27.9 Å². The van der Waals surface area contributed by atoms with Gasteiger partial charge >= 0.3 is 7.12 Å². The number of aromatic nitrogens is 2. The molecule has 1 fully saturated rings. The number of nitrogens with zero attached hydrogens (tertiary/aromatic N) is 2. The van der Waals surface area contributed by atoms with Crippen molar-refractivity contribution in [3.8, 4) is 5.69 Å². The highest BCUT2D eigenvalue weighted by molar-refractivity contribution is 6.63. The molecule has 4 nitrogen and oxygen atoms in total. The first-order valence-corrected chi connectivity index (χ1v) is 9.11. The minimum atomic E-state index is -0.785. The van der Waals surface area contributed by atoms with E-state index in [4.69, 9.17) is 18.9 Å². The molecule has 0 radical (unpaired) electrons. The molecular formula is C23H23BN2O2. The number of para-hydroxylation sites is 2. The maximum atomic E-state index is 8.69. The number of benzene rings is 2. The van der Waals surface area contributed by atoms with Gasteiger partial charge in [-0.3, -0.25) is 4.98 Å². The molecule has 0 amide bonds. The summed E-state index contributed by atoms with van der Waals surface area (Å²) in [4.78, 5) is 3.91. The third-order valence-electron chi connectivity index (χ3n) is 5.69. The second-order valence-corrected chi connectivity index (χ2v) is 7.89. The molecule has 1 saturated heterocycles. The molecule has 0 aliphatic carbocycles. The zero-order chi connectivity index (χ0) is 25.6. The van der Waals surface area contributed by atoms with Gasteiger partial charge in [-0.2, -0.15) is 0 Å². The van der Waals surface area contributed by atoms with Crippen molar-refractivity contribution in [1.82, 2.24) is 9.55 Å². The number of pyridine rings is 1. The maximum Gasteiger partial charge on any atom is 0.496 e. The van der Waals surface area contributed by atoms with Gasteiger partial charge in [0.2, 0.25) is 0 Å². The van der Waals surface area contributed by atoms with Gasteiger partial charge in [-0.05, 0) is 45.8 Å². The first-order chi connectivity index (χ1) is 16.3. The van der Waals surface area contributed by atoms with Crippen molar-refractivity contribution in [1.29, 1.82) is 0 Å². The molecule has 0 unspecified atom stereocenters. The lowest BCUT2D eigenvalue weighted by atomic mass is 9.77. The summed E-state index contributed by atoms with van der Waals surface area (Å²) in [5.41, 5.74) is 0.0556. The molecular weight excluding hydrogens is 347 g/mol. The number of hydrogen-bond donors (Lipinski definition) is 0. The molecule has 0 saturated carbocycles. The quantitative estimate of drug-likeness (QED) is 0.484. The molecule has 0 atom stereocenters. The van der Waals surface area contributed by atoms with Gasteiger partial charge in [0.25, 0.3) is 0 Å². The maximum absolute atomic E-state index is 8.69. The van der Waals surface area contributed by atoms with Gasteiger partial charge in [0, 0.05) is 28.1 Å². The number of hydrogen-bond acceptors (Lipinski definition) is 3. The van der Waals surface area contributed by atoms with E-state index in [9.17, 15) is 0 Å². The van der Waals surface area contributed by atoms with Gasteiger partial charge < -0.3 is 13.9 Å². The van der Waals surface area contributed by atoms with Crippen molar-refractivity contribution in [3.05, 3.63) is 66.8 Å². The van der Waals surface area contributed by atoms with Crippen LogP contribution in [0, 0.1) is 0 Å². The molecule has 0 N–H and O–H groups in total. The van der Waals surface area contributed by atoms with Gasteiger partial charge in [0.1, 0.15) is 0 Å². The fourth-order valence-electron chi connectivity index (χ4n) is 3.49. The Morgan fingerprint density at radius 1 is 0.929 bits per heavy atom. The smallest absolute Gasteiger partial charge is 0.399 e. The summed E-state index contributed by atoms with van der Waals surface area (Å²) >= 11 is 0. The third kappa shape index (κ3) is 2.43. The molecule has 28 heavy (non-hydrogen) atoms. The fraction of sp³-hybridized carbons (Fsp3) is 0.261. The Labute approximate surface area is 175 Å². The Morgan fingerprint density at radius 2 is 1.61 bits per heavy atom. The van der Waals surface area contributed by atoms with Crippen LogP contribution in [0.1, 0.15) is 37.3 Å². The van der Waals surface area contributed by atoms with Crippen LogP contribution in [0.3, 0.4) is 0 Å². The van der Waals surface area contributed by atoms with Crippen LogP contribution < -0.4 is 5.46 Å². The predicted octanol–water partition coefficient (Wildman–Crippen LogP) is 4.48. The van der Waals surface area contributed by atoms with Gasteiger partial charge in [-0.15, -0.1) is 0 Å². The summed E-state index contributed by atoms with van der Waals surface area (Å²) < 4.78 is 72.9. The van der Waals surface area contributed by atoms with E-state index in [0.29, 0.717) is 11.2 Å². The van der Waals surface area contributed by atoms with Gasteiger partial charge in [0.05, 0.1) is 38.0 Å². The minimum absolute atomic E-state index is 0.0733. The average Bonchev–Trinajstić information content (AvgIpc) is 3.26. The Hall–Kier alpha value is -2.63. The highest BCUT2D eigenvalue weighted by Crippen LogP contribution is 2.37. The summed E-state index contributed by atoms with van der Waals surface area (Å²) in [7, 11) is -0.785. The zero-order valence-corrected chi connectivity index (χ0v) is 16.1. The highest BCUT2D eigenvalue weighted by atomic mass is 16.7. The molecule has 1 aliphatic heterocycles. The van der Waals surface area contributed by atoms with Crippen LogP contribution in [0.5, 0.6) is 0 Å². The van der Waals surface area contributed by atoms with Crippen LogP contribution in [0.4, 0.5) is 0 Å².